The van der Waals surface area contributed by atoms with Crippen molar-refractivity contribution in [3.8, 4) is 0 Å². The van der Waals surface area contributed by atoms with Gasteiger partial charge in [-0.3, -0.25) is 9.59 Å². The van der Waals surface area contributed by atoms with Crippen LogP contribution in [0.3, 0.4) is 0 Å². The maximum absolute atomic E-state index is 12.3. The first-order valence-electron chi connectivity index (χ1n) is 7.06. The van der Waals surface area contributed by atoms with Crippen molar-refractivity contribution in [2.75, 3.05) is 5.32 Å². The Morgan fingerprint density at radius 1 is 1.09 bits per heavy atom. The summed E-state index contributed by atoms with van der Waals surface area (Å²) in [5.74, 6) is -2.55. The number of carbonyl (C=O) groups excluding carboxylic acids is 2. The minimum absolute atomic E-state index is 0.543. The van der Waals surface area contributed by atoms with Gasteiger partial charge < -0.3 is 15.2 Å². The van der Waals surface area contributed by atoms with Crippen LogP contribution in [-0.4, -0.2) is 23.1 Å². The van der Waals surface area contributed by atoms with Crippen molar-refractivity contribution in [1.82, 2.24) is 0 Å². The van der Waals surface area contributed by atoms with Crippen LogP contribution in [-0.2, 0) is 14.3 Å². The van der Waals surface area contributed by atoms with Crippen molar-refractivity contribution in [1.29, 1.82) is 0 Å². The van der Waals surface area contributed by atoms with E-state index in [1.165, 1.54) is 0 Å². The summed E-state index contributed by atoms with van der Waals surface area (Å²) in [6.07, 6.45) is -2.05. The van der Waals surface area contributed by atoms with Gasteiger partial charge in [-0.1, -0.05) is 46.3 Å². The molecule has 1 amide bonds. The fourth-order valence-electron chi connectivity index (χ4n) is 2.51. The number of aliphatic hydroxyl groups excluding tert-OH is 1. The Bertz CT molecular complexity index is 717. The normalized spacial score (nSPS) is 23.4. The molecule has 118 valence electrons. The molecule has 0 radical (unpaired) electrons. The molecule has 1 aliphatic heterocycles. The lowest BCUT2D eigenvalue weighted by Gasteiger charge is -2.15. The molecule has 3 rings (SSSR count). The monoisotopic (exact) mass is 375 g/mol. The lowest BCUT2D eigenvalue weighted by atomic mass is 9.96. The summed E-state index contributed by atoms with van der Waals surface area (Å²) in [5.41, 5.74) is 1.20. The maximum Gasteiger partial charge on any atom is 0.322 e. The lowest BCUT2D eigenvalue weighted by Crippen LogP contribution is -2.34. The first kappa shape index (κ1) is 15.7. The highest BCUT2D eigenvalue weighted by Gasteiger charge is 2.48. The number of ether oxygens (including phenoxy) is 1. The average Bonchev–Trinajstić information content (AvgIpc) is 2.85. The van der Waals surface area contributed by atoms with E-state index in [-0.39, 0.29) is 0 Å². The molecule has 2 aromatic rings. The van der Waals surface area contributed by atoms with E-state index in [9.17, 15) is 14.7 Å². The molecule has 23 heavy (non-hydrogen) atoms. The van der Waals surface area contributed by atoms with E-state index < -0.39 is 30.0 Å². The third-order valence-corrected chi connectivity index (χ3v) is 4.20. The zero-order valence-corrected chi connectivity index (χ0v) is 13.6. The Kier molecular flexibility index (Phi) is 4.45. The molecule has 1 saturated heterocycles. The van der Waals surface area contributed by atoms with Gasteiger partial charge in [-0.05, 0) is 29.8 Å². The Hall–Kier alpha value is -2.18. The number of rotatable bonds is 3. The van der Waals surface area contributed by atoms with Crippen molar-refractivity contribution in [3.63, 3.8) is 0 Å². The van der Waals surface area contributed by atoms with Gasteiger partial charge >= 0.3 is 5.97 Å². The molecule has 1 fully saturated rings. The molecule has 2 N–H and O–H groups in total. The van der Waals surface area contributed by atoms with Gasteiger partial charge in [-0.25, -0.2) is 0 Å². The summed E-state index contributed by atoms with van der Waals surface area (Å²) in [5, 5.41) is 13.0. The van der Waals surface area contributed by atoms with Crippen molar-refractivity contribution >= 4 is 33.5 Å². The van der Waals surface area contributed by atoms with Crippen molar-refractivity contribution < 1.29 is 19.4 Å². The highest BCUT2D eigenvalue weighted by molar-refractivity contribution is 9.10. The summed E-state index contributed by atoms with van der Waals surface area (Å²) < 4.78 is 6.07. The molecule has 6 heteroatoms. The summed E-state index contributed by atoms with van der Waals surface area (Å²) >= 11 is 3.30. The molecule has 0 aliphatic carbocycles. The molecule has 1 heterocycles. The van der Waals surface area contributed by atoms with Gasteiger partial charge in [0.1, 0.15) is 6.10 Å². The van der Waals surface area contributed by atoms with E-state index in [1.54, 1.807) is 48.5 Å². The predicted octanol–water partition coefficient (Wildman–Crippen LogP) is 2.66. The Morgan fingerprint density at radius 2 is 1.74 bits per heavy atom. The number of nitrogens with one attached hydrogen (secondary N) is 1. The van der Waals surface area contributed by atoms with Gasteiger partial charge in [0.2, 0.25) is 5.91 Å². The quantitative estimate of drug-likeness (QED) is 0.638. The summed E-state index contributed by atoms with van der Waals surface area (Å²) in [6, 6.07) is 15.8. The smallest absolute Gasteiger partial charge is 0.322 e. The van der Waals surface area contributed by atoms with Gasteiger partial charge in [0.05, 0.1) is 0 Å². The molecule has 0 spiro atoms. The Labute approximate surface area is 141 Å². The van der Waals surface area contributed by atoms with Crippen LogP contribution in [0.2, 0.25) is 0 Å². The van der Waals surface area contributed by atoms with E-state index in [2.05, 4.69) is 21.2 Å². The number of esters is 1. The fourth-order valence-corrected chi connectivity index (χ4v) is 2.77. The van der Waals surface area contributed by atoms with Gasteiger partial charge in [-0.15, -0.1) is 0 Å². The molecule has 0 bridgehead atoms. The summed E-state index contributed by atoms with van der Waals surface area (Å²) in [7, 11) is 0. The highest BCUT2D eigenvalue weighted by atomic mass is 79.9. The third kappa shape index (κ3) is 3.28. The Morgan fingerprint density at radius 3 is 2.39 bits per heavy atom. The zero-order chi connectivity index (χ0) is 16.4. The number of hydrogen-bond acceptors (Lipinski definition) is 4. The molecule has 5 nitrogen and oxygen atoms in total. The van der Waals surface area contributed by atoms with Crippen molar-refractivity contribution in [2.45, 2.75) is 12.2 Å². The van der Waals surface area contributed by atoms with Crippen LogP contribution in [0.5, 0.6) is 0 Å². The van der Waals surface area contributed by atoms with Crippen molar-refractivity contribution in [3.05, 3.63) is 64.6 Å². The van der Waals surface area contributed by atoms with Crippen LogP contribution in [0.4, 0.5) is 5.69 Å². The van der Waals surface area contributed by atoms with Gasteiger partial charge in [0.15, 0.2) is 12.0 Å². The molecule has 2 aromatic carbocycles. The molecule has 1 aliphatic rings. The van der Waals surface area contributed by atoms with Crippen LogP contribution in [0.1, 0.15) is 11.7 Å². The van der Waals surface area contributed by atoms with Crippen LogP contribution in [0.25, 0.3) is 0 Å². The average molecular weight is 376 g/mol. The first-order chi connectivity index (χ1) is 11.1. The van der Waals surface area contributed by atoms with E-state index in [0.717, 1.165) is 4.47 Å². The van der Waals surface area contributed by atoms with Gasteiger partial charge in [0, 0.05) is 10.2 Å². The SMILES string of the molecule is O=C(Nc1ccc(Br)cc1)C1C(=O)OC(c2ccccc2)C1O. The number of aliphatic hydroxyl groups is 1. The second-order valence-corrected chi connectivity index (χ2v) is 6.15. The van der Waals surface area contributed by atoms with Gasteiger partial charge in [0.25, 0.3) is 0 Å². The van der Waals surface area contributed by atoms with Gasteiger partial charge in [-0.2, -0.15) is 0 Å². The molecule has 0 aromatic heterocycles. The lowest BCUT2D eigenvalue weighted by molar-refractivity contribution is -0.146. The van der Waals surface area contributed by atoms with Crippen LogP contribution < -0.4 is 5.32 Å². The topological polar surface area (TPSA) is 75.6 Å². The number of hydrogen-bond donors (Lipinski definition) is 2. The second-order valence-electron chi connectivity index (χ2n) is 5.23. The zero-order valence-electron chi connectivity index (χ0n) is 12.0. The molecule has 3 unspecified atom stereocenters. The van der Waals surface area contributed by atoms with E-state index in [4.69, 9.17) is 4.74 Å². The highest BCUT2D eigenvalue weighted by Crippen LogP contribution is 2.34. The van der Waals surface area contributed by atoms with Crippen molar-refractivity contribution in [2.24, 2.45) is 5.92 Å². The number of anilines is 1. The number of carbonyl (C=O) groups is 2. The van der Waals surface area contributed by atoms with Crippen LogP contribution >= 0.6 is 15.9 Å². The summed E-state index contributed by atoms with van der Waals surface area (Å²) in [6.45, 7) is 0. The summed E-state index contributed by atoms with van der Waals surface area (Å²) in [4.78, 5) is 24.3. The van der Waals surface area contributed by atoms with E-state index >= 15 is 0 Å². The number of amides is 1. The molecule has 0 saturated carbocycles. The third-order valence-electron chi connectivity index (χ3n) is 3.67. The number of cyclic esters (lactones) is 1. The maximum atomic E-state index is 12.3. The van der Waals surface area contributed by atoms with E-state index in [0.29, 0.717) is 11.3 Å². The minimum Gasteiger partial charge on any atom is -0.454 e. The van der Waals surface area contributed by atoms with Crippen LogP contribution in [0.15, 0.2) is 59.1 Å². The van der Waals surface area contributed by atoms with E-state index in [1.807, 2.05) is 6.07 Å². The molecule has 3 atom stereocenters. The standard InChI is InChI=1S/C17H14BrNO4/c18-11-6-8-12(9-7-11)19-16(21)13-14(20)15(23-17(13)22)10-4-2-1-3-5-10/h1-9,13-15,20H,(H,19,21). The van der Waals surface area contributed by atoms with Crippen LogP contribution in [0, 0.1) is 5.92 Å². The Balaban J connectivity index is 1.75. The predicted molar refractivity (Wildman–Crippen MR) is 87.5 cm³/mol. The fraction of sp³-hybridized carbons (Fsp3) is 0.176. The number of benzene rings is 2. The second kappa shape index (κ2) is 6.52. The minimum atomic E-state index is -1.25. The first-order valence-corrected chi connectivity index (χ1v) is 7.85. The molecular weight excluding hydrogens is 362 g/mol. The molecular formula is C17H14BrNO4. The largest absolute Gasteiger partial charge is 0.454 e. The number of halogens is 1.